The lowest BCUT2D eigenvalue weighted by Gasteiger charge is -2.22. The topological polar surface area (TPSA) is 58.5 Å². The second-order valence-corrected chi connectivity index (χ2v) is 9.78. The van der Waals surface area contributed by atoms with Crippen molar-refractivity contribution in [3.63, 3.8) is 0 Å². The van der Waals surface area contributed by atoms with E-state index in [1.807, 2.05) is 37.1 Å². The molecule has 4 heterocycles. The molecule has 2 aromatic heterocycles. The molecule has 0 saturated carbocycles. The second-order valence-electron chi connectivity index (χ2n) is 9.78. The number of aliphatic imine (C=N–C) groups is 1. The molecule has 1 fully saturated rings. The van der Waals surface area contributed by atoms with E-state index in [1.165, 1.54) is 6.07 Å². The first-order valence-corrected chi connectivity index (χ1v) is 12.0. The fraction of sp³-hybridized carbons (Fsp3) is 0.357. The Bertz CT molecular complexity index is 1330. The number of aryl methyl sites for hydroxylation is 1. The zero-order valence-corrected chi connectivity index (χ0v) is 20.2. The molecular weight excluding hydrogens is 465 g/mol. The lowest BCUT2D eigenvalue weighted by Crippen LogP contribution is -2.20. The van der Waals surface area contributed by atoms with Crippen LogP contribution in [-0.4, -0.2) is 46.5 Å². The maximum atomic E-state index is 13.6. The van der Waals surface area contributed by atoms with Crippen LogP contribution in [0, 0.1) is 12.8 Å². The first kappa shape index (κ1) is 24.3. The minimum atomic E-state index is -4.42. The molecule has 0 N–H and O–H groups in total. The van der Waals surface area contributed by atoms with E-state index in [1.54, 1.807) is 24.5 Å². The van der Waals surface area contributed by atoms with Crippen LogP contribution in [-0.2, 0) is 23.9 Å². The molecule has 0 bridgehead atoms. The number of carbonyl (C=O) groups is 1. The first-order chi connectivity index (χ1) is 17.2. The highest BCUT2D eigenvalue weighted by atomic mass is 19.4. The normalized spacial score (nSPS) is 19.9. The van der Waals surface area contributed by atoms with Crippen LogP contribution in [0.15, 0.2) is 59.9 Å². The van der Waals surface area contributed by atoms with Gasteiger partial charge in [0.1, 0.15) is 5.78 Å². The third kappa shape index (κ3) is 4.95. The van der Waals surface area contributed by atoms with Crippen LogP contribution in [0.5, 0.6) is 0 Å². The van der Waals surface area contributed by atoms with Gasteiger partial charge >= 0.3 is 6.18 Å². The van der Waals surface area contributed by atoms with Gasteiger partial charge in [-0.15, -0.1) is 0 Å². The van der Waals surface area contributed by atoms with Crippen molar-refractivity contribution in [2.24, 2.45) is 10.9 Å². The molecule has 186 valence electrons. The number of rotatable bonds is 6. The summed E-state index contributed by atoms with van der Waals surface area (Å²) in [6.45, 7) is 3.54. The van der Waals surface area contributed by atoms with Gasteiger partial charge in [-0.05, 0) is 55.3 Å². The van der Waals surface area contributed by atoms with Crippen LogP contribution in [0.4, 0.5) is 13.2 Å². The molecule has 1 saturated heterocycles. The Morgan fingerprint density at radius 1 is 1.11 bits per heavy atom. The summed E-state index contributed by atoms with van der Waals surface area (Å²) in [6.07, 6.45) is -0.517. The number of benzene rings is 1. The number of likely N-dealkylation sites (tertiary alicyclic amines) is 1. The molecular formula is C28H27F3N4O. The summed E-state index contributed by atoms with van der Waals surface area (Å²) in [4.78, 5) is 28.5. The summed E-state index contributed by atoms with van der Waals surface area (Å²) >= 11 is 0. The monoisotopic (exact) mass is 492 g/mol. The van der Waals surface area contributed by atoms with Crippen LogP contribution in [0.3, 0.4) is 0 Å². The van der Waals surface area contributed by atoms with Gasteiger partial charge in [-0.1, -0.05) is 18.2 Å². The lowest BCUT2D eigenvalue weighted by atomic mass is 9.83. The van der Waals surface area contributed by atoms with E-state index in [-0.39, 0.29) is 36.0 Å². The van der Waals surface area contributed by atoms with Gasteiger partial charge in [-0.3, -0.25) is 19.8 Å². The van der Waals surface area contributed by atoms with Crippen molar-refractivity contribution in [1.82, 2.24) is 14.9 Å². The number of hydrogen-bond donors (Lipinski definition) is 0. The molecule has 8 heteroatoms. The van der Waals surface area contributed by atoms with Crippen molar-refractivity contribution in [3.8, 4) is 0 Å². The number of halogens is 3. The van der Waals surface area contributed by atoms with Gasteiger partial charge < -0.3 is 4.90 Å². The molecule has 0 unspecified atom stereocenters. The Morgan fingerprint density at radius 3 is 2.69 bits per heavy atom. The Hall–Kier alpha value is -3.39. The van der Waals surface area contributed by atoms with Crippen LogP contribution in [0.25, 0.3) is 0 Å². The zero-order valence-electron chi connectivity index (χ0n) is 20.2. The van der Waals surface area contributed by atoms with E-state index in [9.17, 15) is 18.0 Å². The average molecular weight is 493 g/mol. The van der Waals surface area contributed by atoms with Crippen molar-refractivity contribution in [2.75, 3.05) is 20.1 Å². The van der Waals surface area contributed by atoms with Gasteiger partial charge in [0.25, 0.3) is 0 Å². The third-order valence-electron chi connectivity index (χ3n) is 7.04. The lowest BCUT2D eigenvalue weighted by molar-refractivity contribution is -0.138. The fourth-order valence-electron chi connectivity index (χ4n) is 5.47. The van der Waals surface area contributed by atoms with E-state index in [0.717, 1.165) is 34.2 Å². The van der Waals surface area contributed by atoms with Crippen molar-refractivity contribution in [3.05, 3.63) is 94.1 Å². The molecule has 1 aromatic carbocycles. The predicted molar refractivity (Wildman–Crippen MR) is 131 cm³/mol. The molecule has 0 radical (unpaired) electrons. The third-order valence-corrected chi connectivity index (χ3v) is 7.04. The second kappa shape index (κ2) is 9.58. The van der Waals surface area contributed by atoms with Crippen molar-refractivity contribution in [1.29, 1.82) is 0 Å². The highest BCUT2D eigenvalue weighted by Crippen LogP contribution is 2.41. The number of alkyl halides is 3. The molecule has 5 rings (SSSR count). The zero-order chi connectivity index (χ0) is 25.4. The molecule has 0 aliphatic carbocycles. The maximum Gasteiger partial charge on any atom is 0.416 e. The minimum Gasteiger partial charge on any atom is -0.305 e. The number of likely N-dealkylation sites (N-methyl/N-ethyl adjacent to an activating group) is 1. The van der Waals surface area contributed by atoms with E-state index in [0.29, 0.717) is 25.3 Å². The van der Waals surface area contributed by atoms with Crippen LogP contribution >= 0.6 is 0 Å². The van der Waals surface area contributed by atoms with Crippen molar-refractivity contribution in [2.45, 2.75) is 38.4 Å². The Kier molecular flexibility index (Phi) is 6.47. The first-order valence-electron chi connectivity index (χ1n) is 12.0. The average Bonchev–Trinajstić information content (AvgIpc) is 3.41. The number of nitrogens with zero attached hydrogens (tertiary/aromatic N) is 4. The molecule has 2 aliphatic rings. The predicted octanol–water partition coefficient (Wildman–Crippen LogP) is 5.00. The van der Waals surface area contributed by atoms with Crippen molar-refractivity contribution < 1.29 is 18.0 Å². The fourth-order valence-corrected chi connectivity index (χ4v) is 5.47. The van der Waals surface area contributed by atoms with Crippen LogP contribution in [0.1, 0.15) is 51.5 Å². The summed E-state index contributed by atoms with van der Waals surface area (Å²) in [6, 6.07) is 11.6. The number of aromatic nitrogens is 2. The van der Waals surface area contributed by atoms with E-state index in [2.05, 4.69) is 15.0 Å². The summed E-state index contributed by atoms with van der Waals surface area (Å²) in [5, 5.41) is 0. The summed E-state index contributed by atoms with van der Waals surface area (Å²) in [5.41, 5.74) is 5.09. The van der Waals surface area contributed by atoms with Crippen LogP contribution < -0.4 is 0 Å². The SMILES string of the molecule is Cc1cc(C2=NCc3cc(CC(=O)C[C@H]4CN(C)C[C@@H]4c4ccccc4C(F)(F)F)ncc32)ccn1. The highest BCUT2D eigenvalue weighted by molar-refractivity contribution is 6.15. The Labute approximate surface area is 208 Å². The van der Waals surface area contributed by atoms with Gasteiger partial charge in [-0.25, -0.2) is 0 Å². The minimum absolute atomic E-state index is 0.0128. The molecule has 0 amide bonds. The maximum absolute atomic E-state index is 13.6. The molecule has 2 aliphatic heterocycles. The highest BCUT2D eigenvalue weighted by Gasteiger charge is 2.40. The number of pyridine rings is 2. The number of ketones is 1. The number of hydrogen-bond acceptors (Lipinski definition) is 5. The molecule has 0 spiro atoms. The number of fused-ring (bicyclic) bond motifs is 1. The van der Waals surface area contributed by atoms with Gasteiger partial charge in [0.15, 0.2) is 0 Å². The van der Waals surface area contributed by atoms with Crippen LogP contribution in [0.2, 0.25) is 0 Å². The van der Waals surface area contributed by atoms with Gasteiger partial charge in [0.2, 0.25) is 0 Å². The molecule has 3 aromatic rings. The molecule has 36 heavy (non-hydrogen) atoms. The van der Waals surface area contributed by atoms with Gasteiger partial charge in [0.05, 0.1) is 17.8 Å². The Balaban J connectivity index is 1.30. The number of carbonyl (C=O) groups excluding carboxylic acids is 1. The standard InChI is InChI=1S/C28H27F3N4O/c1-17-9-18(7-8-32-17)27-24-14-33-21(10-19(24)13-34-27)12-22(36)11-20-15-35(2)16-25(20)23-5-3-4-6-26(23)28(29,30)31/h3-10,14,20,25H,11-13,15-16H2,1-2H3/t20-,25-/m0/s1. The van der Waals surface area contributed by atoms with Crippen molar-refractivity contribution >= 4 is 11.5 Å². The van der Waals surface area contributed by atoms with E-state index in [4.69, 9.17) is 0 Å². The molecule has 2 atom stereocenters. The van der Waals surface area contributed by atoms with Gasteiger partial charge in [0, 0.05) is 66.8 Å². The smallest absolute Gasteiger partial charge is 0.305 e. The largest absolute Gasteiger partial charge is 0.416 e. The summed E-state index contributed by atoms with van der Waals surface area (Å²) in [5.74, 6) is -0.532. The summed E-state index contributed by atoms with van der Waals surface area (Å²) in [7, 11) is 1.89. The quantitative estimate of drug-likeness (QED) is 0.486. The van der Waals surface area contributed by atoms with E-state index < -0.39 is 11.7 Å². The number of Topliss-reactive ketones (excluding diaryl/α,β-unsaturated/α-hetero) is 1. The van der Waals surface area contributed by atoms with E-state index >= 15 is 0 Å². The Morgan fingerprint density at radius 2 is 1.92 bits per heavy atom. The van der Waals surface area contributed by atoms with Gasteiger partial charge in [-0.2, -0.15) is 13.2 Å². The molecule has 5 nitrogen and oxygen atoms in total. The summed E-state index contributed by atoms with van der Waals surface area (Å²) < 4.78 is 40.9.